The number of rotatable bonds is 3. The third-order valence-electron chi connectivity index (χ3n) is 6.69. The van der Waals surface area contributed by atoms with Gasteiger partial charge in [0.15, 0.2) is 17.5 Å². The molecule has 0 fully saturated rings. The van der Waals surface area contributed by atoms with Crippen LogP contribution in [0.25, 0.3) is 66.5 Å². The monoisotopic (exact) mass is 459 g/mol. The molecule has 0 N–H and O–H groups in total. The van der Waals surface area contributed by atoms with Crippen molar-refractivity contribution < 1.29 is 0 Å². The highest BCUT2D eigenvalue weighted by Crippen LogP contribution is 2.38. The summed E-state index contributed by atoms with van der Waals surface area (Å²) in [6.45, 7) is 0. The Morgan fingerprint density at radius 2 is 0.861 bits per heavy atom. The van der Waals surface area contributed by atoms with E-state index in [-0.39, 0.29) is 0 Å². The molecule has 6 aromatic carbocycles. The van der Waals surface area contributed by atoms with Crippen LogP contribution in [0.4, 0.5) is 0 Å². The van der Waals surface area contributed by atoms with Gasteiger partial charge in [0.05, 0.1) is 0 Å². The molecule has 0 aliphatic heterocycles. The summed E-state index contributed by atoms with van der Waals surface area (Å²) >= 11 is 0. The van der Waals surface area contributed by atoms with Crippen LogP contribution in [0.1, 0.15) is 0 Å². The summed E-state index contributed by atoms with van der Waals surface area (Å²) in [6.07, 6.45) is 0. The van der Waals surface area contributed by atoms with Gasteiger partial charge >= 0.3 is 0 Å². The van der Waals surface area contributed by atoms with Crippen LogP contribution in [0.3, 0.4) is 0 Å². The Bertz CT molecular complexity index is 1820. The van der Waals surface area contributed by atoms with Gasteiger partial charge in [0.25, 0.3) is 0 Å². The Morgan fingerprint density at radius 3 is 1.53 bits per heavy atom. The van der Waals surface area contributed by atoms with E-state index in [0.717, 1.165) is 22.1 Å². The van der Waals surface area contributed by atoms with E-state index in [9.17, 15) is 0 Å². The fraction of sp³-hybridized carbons (Fsp3) is 0. The standard InChI is InChI=1S/C33H21N3/c1-3-12-23(13-4-1)31-34-32(24-14-5-2-6-15-24)36-33(35-31)29-21-25-20-19-22-11-7-8-16-26(22)30(25)28-18-10-9-17-27(28)29/h1-21H. The highest BCUT2D eigenvalue weighted by Gasteiger charge is 2.16. The van der Waals surface area contributed by atoms with Gasteiger partial charge in [-0.05, 0) is 38.4 Å². The molecule has 1 aromatic heterocycles. The summed E-state index contributed by atoms with van der Waals surface area (Å²) in [5.74, 6) is 2.01. The van der Waals surface area contributed by atoms with E-state index < -0.39 is 0 Å². The van der Waals surface area contributed by atoms with Crippen molar-refractivity contribution in [3.63, 3.8) is 0 Å². The first-order chi connectivity index (χ1) is 17.8. The van der Waals surface area contributed by atoms with Crippen molar-refractivity contribution in [1.29, 1.82) is 0 Å². The van der Waals surface area contributed by atoms with Crippen molar-refractivity contribution in [2.75, 3.05) is 0 Å². The first kappa shape index (κ1) is 20.5. The predicted octanol–water partition coefficient (Wildman–Crippen LogP) is 8.33. The van der Waals surface area contributed by atoms with E-state index in [1.807, 2.05) is 60.7 Å². The Morgan fingerprint density at radius 1 is 0.361 bits per heavy atom. The molecule has 36 heavy (non-hydrogen) atoms. The second-order valence-corrected chi connectivity index (χ2v) is 8.89. The molecule has 0 saturated heterocycles. The maximum Gasteiger partial charge on any atom is 0.164 e. The third kappa shape index (κ3) is 3.41. The zero-order chi connectivity index (χ0) is 23.9. The van der Waals surface area contributed by atoms with Gasteiger partial charge in [-0.25, -0.2) is 15.0 Å². The average Bonchev–Trinajstić information content (AvgIpc) is 2.97. The van der Waals surface area contributed by atoms with Crippen molar-refractivity contribution in [2.45, 2.75) is 0 Å². The molecule has 3 heteroatoms. The summed E-state index contributed by atoms with van der Waals surface area (Å²) in [4.78, 5) is 14.9. The van der Waals surface area contributed by atoms with Gasteiger partial charge in [-0.1, -0.05) is 121 Å². The van der Waals surface area contributed by atoms with Crippen LogP contribution in [0, 0.1) is 0 Å². The third-order valence-corrected chi connectivity index (χ3v) is 6.69. The second kappa shape index (κ2) is 8.40. The van der Waals surface area contributed by atoms with Gasteiger partial charge in [-0.15, -0.1) is 0 Å². The fourth-order valence-electron chi connectivity index (χ4n) is 4.99. The highest BCUT2D eigenvalue weighted by atomic mass is 15.0. The fourth-order valence-corrected chi connectivity index (χ4v) is 4.99. The molecule has 3 nitrogen and oxygen atoms in total. The molecule has 0 spiro atoms. The van der Waals surface area contributed by atoms with E-state index in [2.05, 4.69) is 66.7 Å². The molecule has 0 saturated carbocycles. The number of nitrogens with zero attached hydrogens (tertiary/aromatic N) is 3. The van der Waals surface area contributed by atoms with Crippen LogP contribution in [0.5, 0.6) is 0 Å². The van der Waals surface area contributed by atoms with Crippen LogP contribution in [0.15, 0.2) is 127 Å². The molecular formula is C33H21N3. The minimum atomic E-state index is 0.669. The molecular weight excluding hydrogens is 438 g/mol. The van der Waals surface area contributed by atoms with Gasteiger partial charge in [-0.3, -0.25) is 0 Å². The van der Waals surface area contributed by atoms with Crippen LogP contribution >= 0.6 is 0 Å². The first-order valence-corrected chi connectivity index (χ1v) is 12.1. The number of benzene rings is 6. The molecule has 0 atom stereocenters. The molecule has 0 amide bonds. The van der Waals surface area contributed by atoms with E-state index >= 15 is 0 Å². The van der Waals surface area contributed by atoms with Crippen molar-refractivity contribution in [1.82, 2.24) is 15.0 Å². The van der Waals surface area contributed by atoms with Crippen molar-refractivity contribution in [3.8, 4) is 34.2 Å². The van der Waals surface area contributed by atoms with E-state index in [1.165, 1.54) is 26.9 Å². The van der Waals surface area contributed by atoms with Gasteiger partial charge in [0, 0.05) is 16.7 Å². The molecule has 7 aromatic rings. The van der Waals surface area contributed by atoms with E-state index in [0.29, 0.717) is 17.5 Å². The largest absolute Gasteiger partial charge is 0.208 e. The van der Waals surface area contributed by atoms with Crippen molar-refractivity contribution in [3.05, 3.63) is 127 Å². The summed E-state index contributed by atoms with van der Waals surface area (Å²) in [5, 5.41) is 7.25. The maximum atomic E-state index is 5.00. The topological polar surface area (TPSA) is 38.7 Å². The van der Waals surface area contributed by atoms with Gasteiger partial charge in [-0.2, -0.15) is 0 Å². The predicted molar refractivity (Wildman–Crippen MR) is 149 cm³/mol. The second-order valence-electron chi connectivity index (χ2n) is 8.89. The summed E-state index contributed by atoms with van der Waals surface area (Å²) in [7, 11) is 0. The molecule has 168 valence electrons. The highest BCUT2D eigenvalue weighted by molar-refractivity contribution is 6.23. The Labute approximate surface area is 208 Å². The first-order valence-electron chi connectivity index (χ1n) is 12.1. The lowest BCUT2D eigenvalue weighted by atomic mass is 9.93. The molecule has 0 bridgehead atoms. The average molecular weight is 460 g/mol. The molecule has 1 heterocycles. The SMILES string of the molecule is c1ccc(-c2nc(-c3ccccc3)nc(-c3cc4ccc5ccccc5c4c4ccccc34)n2)cc1. The summed E-state index contributed by atoms with van der Waals surface area (Å²) in [5.41, 5.74) is 2.94. The molecule has 0 radical (unpaired) electrons. The van der Waals surface area contributed by atoms with Crippen LogP contribution in [-0.2, 0) is 0 Å². The van der Waals surface area contributed by atoms with Gasteiger partial charge in [0.1, 0.15) is 0 Å². The van der Waals surface area contributed by atoms with Crippen molar-refractivity contribution in [2.24, 2.45) is 0 Å². The van der Waals surface area contributed by atoms with Gasteiger partial charge in [0.2, 0.25) is 0 Å². The normalized spacial score (nSPS) is 11.3. The molecule has 0 unspecified atom stereocenters. The Hall–Kier alpha value is -4.89. The lowest BCUT2D eigenvalue weighted by molar-refractivity contribution is 1.08. The zero-order valence-corrected chi connectivity index (χ0v) is 19.5. The quantitative estimate of drug-likeness (QED) is 0.249. The smallest absolute Gasteiger partial charge is 0.164 e. The minimum Gasteiger partial charge on any atom is -0.208 e. The van der Waals surface area contributed by atoms with Crippen LogP contribution in [0.2, 0.25) is 0 Å². The minimum absolute atomic E-state index is 0.669. The lowest BCUT2D eigenvalue weighted by Crippen LogP contribution is -2.00. The molecule has 0 aliphatic carbocycles. The number of aromatic nitrogens is 3. The van der Waals surface area contributed by atoms with E-state index in [1.54, 1.807) is 0 Å². The molecule has 0 aliphatic rings. The maximum absolute atomic E-state index is 5.00. The van der Waals surface area contributed by atoms with E-state index in [4.69, 9.17) is 15.0 Å². The van der Waals surface area contributed by atoms with Crippen LogP contribution < -0.4 is 0 Å². The summed E-state index contributed by atoms with van der Waals surface area (Å²) < 4.78 is 0. The Kier molecular flexibility index (Phi) is 4.78. The lowest BCUT2D eigenvalue weighted by Gasteiger charge is -2.13. The number of hydrogen-bond donors (Lipinski definition) is 0. The van der Waals surface area contributed by atoms with Crippen LogP contribution in [-0.4, -0.2) is 15.0 Å². The zero-order valence-electron chi connectivity index (χ0n) is 19.5. The molecule has 7 rings (SSSR count). The number of hydrogen-bond acceptors (Lipinski definition) is 3. The Balaban J connectivity index is 1.56. The van der Waals surface area contributed by atoms with Gasteiger partial charge < -0.3 is 0 Å². The summed E-state index contributed by atoms with van der Waals surface area (Å²) in [6, 6.07) is 43.9. The number of fused-ring (bicyclic) bond motifs is 5. The van der Waals surface area contributed by atoms with Crippen molar-refractivity contribution >= 4 is 32.3 Å².